The molecule has 0 heterocycles. The molecule has 0 spiro atoms. The predicted octanol–water partition coefficient (Wildman–Crippen LogP) is 2.26. The third-order valence-electron chi connectivity index (χ3n) is 4.61. The highest BCUT2D eigenvalue weighted by Crippen LogP contribution is 2.11. The molecule has 3 amide bonds. The number of unbranched alkanes of at least 4 members (excludes halogenated alkanes) is 4. The van der Waals surface area contributed by atoms with Crippen LogP contribution >= 0.6 is 11.8 Å². The van der Waals surface area contributed by atoms with Gasteiger partial charge in [-0.25, -0.2) is 0 Å². The Morgan fingerprint density at radius 2 is 1.61 bits per heavy atom. The lowest BCUT2D eigenvalue weighted by Gasteiger charge is -2.23. The van der Waals surface area contributed by atoms with E-state index in [-0.39, 0.29) is 30.6 Å². The quantitative estimate of drug-likeness (QED) is 0.114. The standard InChI is InChI=1S/C17H35N3O2S.C5H12N2O/c1-3-5-12-19-17(22)11-9-7-6-8-10-16(20-14-21)15(18)13-23-4-2;1-2-3-5(8)7-4-6/h14-16H,3-13,18H2,1-2H3,(H,19,22)(H,20,21);2-4,6H2,1H3,(H,7,8)/t15-,16+;/m0./s1. The molecular weight excluding hydrogens is 414 g/mol. The minimum Gasteiger partial charge on any atom is -0.356 e. The third-order valence-corrected chi connectivity index (χ3v) is 5.64. The fourth-order valence-electron chi connectivity index (χ4n) is 2.80. The molecule has 0 aromatic carbocycles. The van der Waals surface area contributed by atoms with E-state index in [0.717, 1.165) is 75.8 Å². The van der Waals surface area contributed by atoms with Gasteiger partial charge in [-0.15, -0.1) is 0 Å². The van der Waals surface area contributed by atoms with E-state index in [0.29, 0.717) is 12.8 Å². The molecule has 0 saturated carbocycles. The molecule has 0 aromatic rings. The van der Waals surface area contributed by atoms with Gasteiger partial charge in [0.15, 0.2) is 0 Å². The van der Waals surface area contributed by atoms with Gasteiger partial charge >= 0.3 is 0 Å². The van der Waals surface area contributed by atoms with Crippen molar-refractivity contribution in [2.24, 2.45) is 11.5 Å². The first-order valence-electron chi connectivity index (χ1n) is 11.7. The number of hydrogen-bond donors (Lipinski definition) is 5. The Bertz CT molecular complexity index is 433. The number of carbonyl (C=O) groups excluding carboxylic acids is 3. The van der Waals surface area contributed by atoms with Gasteiger partial charge in [-0.3, -0.25) is 14.4 Å². The number of nitrogens with two attached hydrogens (primary N) is 2. The lowest BCUT2D eigenvalue weighted by atomic mass is 10.0. The Balaban J connectivity index is 0. The summed E-state index contributed by atoms with van der Waals surface area (Å²) in [6, 6.07) is 0.0679. The van der Waals surface area contributed by atoms with Crippen molar-refractivity contribution in [2.45, 2.75) is 97.1 Å². The van der Waals surface area contributed by atoms with Gasteiger partial charge in [0, 0.05) is 37.2 Å². The van der Waals surface area contributed by atoms with Gasteiger partial charge in [-0.05, 0) is 31.4 Å². The van der Waals surface area contributed by atoms with Crippen molar-refractivity contribution in [3.05, 3.63) is 0 Å². The summed E-state index contributed by atoms with van der Waals surface area (Å²) in [5, 5.41) is 8.27. The Hall–Kier alpha value is -1.32. The second-order valence-electron chi connectivity index (χ2n) is 7.42. The average molecular weight is 462 g/mol. The Kier molecular flexibility index (Phi) is 25.6. The number of carbonyl (C=O) groups is 3. The third kappa shape index (κ3) is 23.2. The molecule has 2 atom stereocenters. The fraction of sp³-hybridized carbons (Fsp3) is 0.864. The van der Waals surface area contributed by atoms with E-state index in [1.807, 2.05) is 6.92 Å². The van der Waals surface area contributed by atoms with Gasteiger partial charge in [0.05, 0.1) is 6.67 Å². The Morgan fingerprint density at radius 1 is 0.935 bits per heavy atom. The summed E-state index contributed by atoms with van der Waals surface area (Å²) in [5.41, 5.74) is 11.2. The molecule has 0 rings (SSSR count). The van der Waals surface area contributed by atoms with Crippen LogP contribution in [0.5, 0.6) is 0 Å². The van der Waals surface area contributed by atoms with Gasteiger partial charge < -0.3 is 27.4 Å². The molecule has 0 fully saturated rings. The monoisotopic (exact) mass is 461 g/mol. The van der Waals surface area contributed by atoms with Gasteiger partial charge in [0.2, 0.25) is 18.2 Å². The summed E-state index contributed by atoms with van der Waals surface area (Å²) in [6.07, 6.45) is 9.99. The van der Waals surface area contributed by atoms with Crippen LogP contribution in [0.2, 0.25) is 0 Å². The first kappa shape index (κ1) is 31.9. The molecule has 0 unspecified atom stereocenters. The minimum atomic E-state index is 0.00879. The van der Waals surface area contributed by atoms with Gasteiger partial charge in [-0.2, -0.15) is 11.8 Å². The van der Waals surface area contributed by atoms with Crippen LogP contribution in [-0.2, 0) is 14.4 Å². The Labute approximate surface area is 193 Å². The van der Waals surface area contributed by atoms with Gasteiger partial charge in [0.1, 0.15) is 0 Å². The molecule has 31 heavy (non-hydrogen) atoms. The van der Waals surface area contributed by atoms with Crippen molar-refractivity contribution in [1.82, 2.24) is 16.0 Å². The maximum Gasteiger partial charge on any atom is 0.220 e. The summed E-state index contributed by atoms with van der Waals surface area (Å²) in [6.45, 7) is 7.22. The normalized spacial score (nSPS) is 12.2. The van der Waals surface area contributed by atoms with Crippen LogP contribution in [0.25, 0.3) is 0 Å². The van der Waals surface area contributed by atoms with E-state index in [2.05, 4.69) is 29.8 Å². The summed E-state index contributed by atoms with van der Waals surface area (Å²) in [4.78, 5) is 32.7. The molecule has 0 aromatic heterocycles. The van der Waals surface area contributed by atoms with E-state index in [1.165, 1.54) is 0 Å². The van der Waals surface area contributed by atoms with Crippen molar-refractivity contribution >= 4 is 30.0 Å². The number of amides is 3. The number of nitrogens with one attached hydrogen (secondary N) is 3. The van der Waals surface area contributed by atoms with Crippen molar-refractivity contribution in [3.8, 4) is 0 Å². The zero-order chi connectivity index (χ0) is 23.7. The molecule has 9 heteroatoms. The van der Waals surface area contributed by atoms with Crippen LogP contribution in [0.4, 0.5) is 0 Å². The first-order chi connectivity index (χ1) is 15.0. The summed E-state index contributed by atoms with van der Waals surface area (Å²) >= 11 is 1.80. The molecule has 0 radical (unpaired) electrons. The second-order valence-corrected chi connectivity index (χ2v) is 8.74. The van der Waals surface area contributed by atoms with Crippen molar-refractivity contribution in [1.29, 1.82) is 0 Å². The number of rotatable bonds is 19. The smallest absolute Gasteiger partial charge is 0.220 e. The summed E-state index contributed by atoms with van der Waals surface area (Å²) < 4.78 is 0. The van der Waals surface area contributed by atoms with Crippen molar-refractivity contribution in [2.75, 3.05) is 24.7 Å². The van der Waals surface area contributed by atoms with E-state index in [1.54, 1.807) is 11.8 Å². The van der Waals surface area contributed by atoms with Crippen molar-refractivity contribution < 1.29 is 14.4 Å². The number of hydrogen-bond acceptors (Lipinski definition) is 6. The summed E-state index contributed by atoms with van der Waals surface area (Å²) in [5.74, 6) is 2.12. The highest BCUT2D eigenvalue weighted by molar-refractivity contribution is 7.99. The van der Waals surface area contributed by atoms with Crippen LogP contribution in [0.3, 0.4) is 0 Å². The van der Waals surface area contributed by atoms with Crippen LogP contribution in [0.15, 0.2) is 0 Å². The molecule has 0 aliphatic heterocycles. The zero-order valence-corrected chi connectivity index (χ0v) is 20.7. The summed E-state index contributed by atoms with van der Waals surface area (Å²) in [7, 11) is 0. The van der Waals surface area contributed by atoms with Crippen molar-refractivity contribution in [3.63, 3.8) is 0 Å². The average Bonchev–Trinajstić information content (AvgIpc) is 2.74. The lowest BCUT2D eigenvalue weighted by molar-refractivity contribution is -0.122. The maximum atomic E-state index is 11.6. The highest BCUT2D eigenvalue weighted by atomic mass is 32.2. The first-order valence-corrected chi connectivity index (χ1v) is 12.9. The van der Waals surface area contributed by atoms with E-state index in [9.17, 15) is 14.4 Å². The zero-order valence-electron chi connectivity index (χ0n) is 19.9. The van der Waals surface area contributed by atoms with Crippen LogP contribution in [-0.4, -0.2) is 55.0 Å². The van der Waals surface area contributed by atoms with E-state index < -0.39 is 0 Å². The maximum absolute atomic E-state index is 11.6. The molecule has 0 bridgehead atoms. The molecule has 0 aliphatic carbocycles. The van der Waals surface area contributed by atoms with Gasteiger partial charge in [-0.1, -0.05) is 46.5 Å². The Morgan fingerprint density at radius 3 is 2.19 bits per heavy atom. The SMILES string of the molecule is CCCC(=O)NCN.CCCCNC(=O)CCCCCC[C@@H](NC=O)[C@@H](N)CSCC. The molecule has 8 nitrogen and oxygen atoms in total. The lowest BCUT2D eigenvalue weighted by Crippen LogP contribution is -2.46. The molecule has 7 N–H and O–H groups in total. The predicted molar refractivity (Wildman–Crippen MR) is 132 cm³/mol. The molecule has 0 saturated heterocycles. The largest absolute Gasteiger partial charge is 0.356 e. The molecule has 184 valence electrons. The number of thioether (sulfide) groups is 1. The van der Waals surface area contributed by atoms with Crippen LogP contribution in [0.1, 0.15) is 85.0 Å². The highest BCUT2D eigenvalue weighted by Gasteiger charge is 2.16. The van der Waals surface area contributed by atoms with Crippen LogP contribution < -0.4 is 27.4 Å². The second kappa shape index (κ2) is 24.9. The molecule has 0 aliphatic rings. The minimum absolute atomic E-state index is 0.00879. The van der Waals surface area contributed by atoms with E-state index >= 15 is 0 Å². The van der Waals surface area contributed by atoms with Crippen LogP contribution in [0, 0.1) is 0 Å². The van der Waals surface area contributed by atoms with E-state index in [4.69, 9.17) is 11.5 Å². The fourth-order valence-corrected chi connectivity index (χ4v) is 3.54. The topological polar surface area (TPSA) is 139 Å². The van der Waals surface area contributed by atoms with Gasteiger partial charge in [0.25, 0.3) is 0 Å². The molecular formula is C22H47N5O3S.